The summed E-state index contributed by atoms with van der Waals surface area (Å²) in [6, 6.07) is 6.45. The van der Waals surface area contributed by atoms with Gasteiger partial charge in [0.15, 0.2) is 0 Å². The quantitative estimate of drug-likeness (QED) is 0.823. The number of carbonyl (C=O) groups is 2. The van der Waals surface area contributed by atoms with Crippen LogP contribution in [-0.4, -0.2) is 46.0 Å². The first-order valence-electron chi connectivity index (χ1n) is 8.93. The van der Waals surface area contributed by atoms with E-state index in [9.17, 15) is 9.59 Å². The number of rotatable bonds is 4. The summed E-state index contributed by atoms with van der Waals surface area (Å²) < 4.78 is 10.5. The highest BCUT2D eigenvalue weighted by molar-refractivity contribution is 6.31. The lowest BCUT2D eigenvalue weighted by Crippen LogP contribution is -2.36. The number of benzene rings is 1. The summed E-state index contributed by atoms with van der Waals surface area (Å²) in [7, 11) is 0. The molecule has 0 fully saturated rings. The second kappa shape index (κ2) is 7.59. The van der Waals surface area contributed by atoms with Gasteiger partial charge < -0.3 is 19.5 Å². The van der Waals surface area contributed by atoms with Crippen molar-refractivity contribution in [2.75, 3.05) is 18.4 Å². The minimum Gasteiger partial charge on any atom is -0.431 e. The van der Waals surface area contributed by atoms with E-state index < -0.39 is 6.03 Å². The van der Waals surface area contributed by atoms with Crippen molar-refractivity contribution >= 4 is 35.2 Å². The van der Waals surface area contributed by atoms with Crippen molar-refractivity contribution in [1.82, 2.24) is 15.0 Å². The van der Waals surface area contributed by atoms with Crippen LogP contribution in [-0.2, 0) is 16.1 Å². The lowest BCUT2D eigenvalue weighted by atomic mass is 10.2. The van der Waals surface area contributed by atoms with Crippen LogP contribution in [0.15, 0.2) is 45.7 Å². The predicted octanol–water partition coefficient (Wildman–Crippen LogP) is 3.05. The number of amidine groups is 1. The third-order valence-electron chi connectivity index (χ3n) is 4.70. The molecule has 0 spiro atoms. The number of aryl methyl sites for hydroxylation is 2. The fourth-order valence-corrected chi connectivity index (χ4v) is 3.30. The zero-order chi connectivity index (χ0) is 20.5. The van der Waals surface area contributed by atoms with Crippen molar-refractivity contribution in [3.63, 3.8) is 0 Å². The van der Waals surface area contributed by atoms with Gasteiger partial charge in [-0.2, -0.15) is 0 Å². The number of halogens is 1. The number of anilines is 1. The Balaban J connectivity index is 1.48. The molecule has 1 aromatic carbocycles. The molecule has 9 nitrogen and oxygen atoms in total. The zero-order valence-corrected chi connectivity index (χ0v) is 16.6. The number of hydrogen-bond acceptors (Lipinski definition) is 6. The molecule has 0 aliphatic carbocycles. The smallest absolute Gasteiger partial charge is 0.348 e. The summed E-state index contributed by atoms with van der Waals surface area (Å²) >= 11 is 5.96. The third kappa shape index (κ3) is 3.81. The molecule has 0 saturated carbocycles. The van der Waals surface area contributed by atoms with Crippen LogP contribution in [0.5, 0.6) is 0 Å². The number of urea groups is 1. The molecule has 2 aliphatic rings. The first-order valence-corrected chi connectivity index (χ1v) is 9.31. The molecule has 3 amide bonds. The van der Waals surface area contributed by atoms with Crippen LogP contribution in [0.3, 0.4) is 0 Å². The SMILES string of the molecule is Cc1noc(C)c1CN1CCN2C(C(=O)Nc3cccc(Cl)c3)=COC2=NC1=O. The summed E-state index contributed by atoms with van der Waals surface area (Å²) in [6.07, 6.45) is 1.29. The number of carbonyl (C=O) groups excluding carboxylic acids is 2. The number of aromatic nitrogens is 1. The second-order valence-electron chi connectivity index (χ2n) is 6.64. The molecule has 4 rings (SSSR count). The van der Waals surface area contributed by atoms with Crippen LogP contribution in [0.1, 0.15) is 17.0 Å². The molecule has 1 N–H and O–H groups in total. The average Bonchev–Trinajstić information content (AvgIpc) is 3.17. The fourth-order valence-electron chi connectivity index (χ4n) is 3.11. The first kappa shape index (κ1) is 19.0. The maximum absolute atomic E-state index is 12.7. The van der Waals surface area contributed by atoms with Crippen LogP contribution in [0, 0.1) is 13.8 Å². The average molecular weight is 416 g/mol. The van der Waals surface area contributed by atoms with Crippen LogP contribution in [0.2, 0.25) is 5.02 Å². The largest absolute Gasteiger partial charge is 0.431 e. The van der Waals surface area contributed by atoms with Crippen LogP contribution < -0.4 is 5.32 Å². The van der Waals surface area contributed by atoms with Crippen molar-refractivity contribution in [1.29, 1.82) is 0 Å². The predicted molar refractivity (Wildman–Crippen MR) is 105 cm³/mol. The molecular weight excluding hydrogens is 398 g/mol. The molecule has 0 radical (unpaired) electrons. The van der Waals surface area contributed by atoms with Gasteiger partial charge in [0.25, 0.3) is 5.91 Å². The summed E-state index contributed by atoms with van der Waals surface area (Å²) in [6.45, 7) is 4.64. The first-order chi connectivity index (χ1) is 13.9. The van der Waals surface area contributed by atoms with Gasteiger partial charge in [0.05, 0.1) is 12.2 Å². The van der Waals surface area contributed by atoms with Gasteiger partial charge in [-0.15, -0.1) is 4.99 Å². The molecule has 0 bridgehead atoms. The topological polar surface area (TPSA) is 100 Å². The Morgan fingerprint density at radius 1 is 1.31 bits per heavy atom. The molecule has 0 saturated heterocycles. The van der Waals surface area contributed by atoms with Crippen molar-refractivity contribution in [3.05, 3.63) is 58.3 Å². The van der Waals surface area contributed by atoms with E-state index in [4.69, 9.17) is 20.9 Å². The summed E-state index contributed by atoms with van der Waals surface area (Å²) in [4.78, 5) is 32.4. The Morgan fingerprint density at radius 2 is 2.14 bits per heavy atom. The fraction of sp³-hybridized carbons (Fsp3) is 0.263. The summed E-state index contributed by atoms with van der Waals surface area (Å²) in [5.41, 5.74) is 2.39. The van der Waals surface area contributed by atoms with Gasteiger partial charge in [-0.1, -0.05) is 22.8 Å². The van der Waals surface area contributed by atoms with Crippen LogP contribution >= 0.6 is 11.6 Å². The third-order valence-corrected chi connectivity index (χ3v) is 4.93. The molecule has 10 heteroatoms. The number of nitrogens with one attached hydrogen (secondary N) is 1. The van der Waals surface area contributed by atoms with E-state index in [1.165, 1.54) is 6.26 Å². The molecule has 1 aromatic heterocycles. The normalized spacial score (nSPS) is 16.0. The Morgan fingerprint density at radius 3 is 2.86 bits per heavy atom. The van der Waals surface area contributed by atoms with Gasteiger partial charge in [0.2, 0.25) is 0 Å². The number of aliphatic imine (C=N–C) groups is 1. The van der Waals surface area contributed by atoms with E-state index in [1.807, 2.05) is 6.92 Å². The highest BCUT2D eigenvalue weighted by Gasteiger charge is 2.34. The summed E-state index contributed by atoms with van der Waals surface area (Å²) in [5.74, 6) is 0.273. The molecule has 150 valence electrons. The maximum Gasteiger partial charge on any atom is 0.348 e. The number of amides is 3. The van der Waals surface area contributed by atoms with Gasteiger partial charge in [0.1, 0.15) is 17.7 Å². The molecule has 2 aliphatic heterocycles. The molecule has 0 atom stereocenters. The van der Waals surface area contributed by atoms with E-state index in [0.29, 0.717) is 36.1 Å². The maximum atomic E-state index is 12.7. The van der Waals surface area contributed by atoms with E-state index in [2.05, 4.69) is 15.5 Å². The molecule has 0 unspecified atom stereocenters. The number of hydrogen-bond donors (Lipinski definition) is 1. The number of ether oxygens (including phenoxy) is 1. The second-order valence-corrected chi connectivity index (χ2v) is 7.07. The standard InChI is InChI=1S/C19H18ClN5O4/c1-11-15(12(2)29-23-11)9-24-6-7-25-16(10-28-19(25)22-18(24)27)17(26)21-14-5-3-4-13(20)8-14/h3-5,8,10H,6-7,9H2,1-2H3,(H,21,26). The lowest BCUT2D eigenvalue weighted by Gasteiger charge is -2.21. The van der Waals surface area contributed by atoms with E-state index in [1.54, 1.807) is 41.0 Å². The van der Waals surface area contributed by atoms with E-state index in [-0.39, 0.29) is 17.6 Å². The summed E-state index contributed by atoms with van der Waals surface area (Å²) in [5, 5.41) is 7.19. The molecule has 2 aromatic rings. The van der Waals surface area contributed by atoms with Crippen molar-refractivity contribution < 1.29 is 18.8 Å². The van der Waals surface area contributed by atoms with Gasteiger partial charge in [-0.25, -0.2) is 4.79 Å². The Hall–Kier alpha value is -3.33. The van der Waals surface area contributed by atoms with Crippen molar-refractivity contribution in [2.45, 2.75) is 20.4 Å². The molecule has 29 heavy (non-hydrogen) atoms. The van der Waals surface area contributed by atoms with Crippen LogP contribution in [0.25, 0.3) is 0 Å². The highest BCUT2D eigenvalue weighted by Crippen LogP contribution is 2.23. The molecule has 3 heterocycles. The van der Waals surface area contributed by atoms with E-state index >= 15 is 0 Å². The number of nitrogens with zero attached hydrogens (tertiary/aromatic N) is 4. The number of fused-ring (bicyclic) bond motifs is 1. The lowest BCUT2D eigenvalue weighted by molar-refractivity contribution is -0.113. The monoisotopic (exact) mass is 415 g/mol. The van der Waals surface area contributed by atoms with Crippen LogP contribution in [0.4, 0.5) is 10.5 Å². The minimum atomic E-state index is -0.451. The highest BCUT2D eigenvalue weighted by atomic mass is 35.5. The molecular formula is C19H18ClN5O4. The van der Waals surface area contributed by atoms with Gasteiger partial charge in [-0.3, -0.25) is 9.69 Å². The Labute approximate surface area is 171 Å². The van der Waals surface area contributed by atoms with E-state index in [0.717, 1.165) is 11.3 Å². The van der Waals surface area contributed by atoms with Gasteiger partial charge in [-0.05, 0) is 32.0 Å². The zero-order valence-electron chi connectivity index (χ0n) is 15.8. The Bertz CT molecular complexity index is 1030. The van der Waals surface area contributed by atoms with Gasteiger partial charge >= 0.3 is 12.1 Å². The van der Waals surface area contributed by atoms with Gasteiger partial charge in [0, 0.05) is 29.4 Å². The van der Waals surface area contributed by atoms with Crippen molar-refractivity contribution in [3.8, 4) is 0 Å². The van der Waals surface area contributed by atoms with Crippen molar-refractivity contribution in [2.24, 2.45) is 4.99 Å². The minimum absolute atomic E-state index is 0.0764. The Kier molecular flexibility index (Phi) is 4.98.